The molecular formula is C25H27N3O2S. The molecule has 5 nitrogen and oxygen atoms in total. The van der Waals surface area contributed by atoms with E-state index in [0.29, 0.717) is 11.7 Å². The van der Waals surface area contributed by atoms with Crippen LogP contribution in [-0.4, -0.2) is 17.8 Å². The van der Waals surface area contributed by atoms with Crippen molar-refractivity contribution < 1.29 is 9.53 Å². The minimum Gasteiger partial charge on any atom is -0.445 e. The van der Waals surface area contributed by atoms with E-state index >= 15 is 0 Å². The summed E-state index contributed by atoms with van der Waals surface area (Å²) in [5.74, 6) is 0. The van der Waals surface area contributed by atoms with Crippen molar-refractivity contribution in [3.63, 3.8) is 0 Å². The molecule has 0 radical (unpaired) electrons. The Morgan fingerprint density at radius 1 is 0.839 bits per heavy atom. The van der Waals surface area contributed by atoms with Gasteiger partial charge in [-0.2, -0.15) is 0 Å². The average Bonchev–Trinajstić information content (AvgIpc) is 2.82. The zero-order valence-corrected chi connectivity index (χ0v) is 18.3. The Kier molecular flexibility index (Phi) is 8.43. The first-order chi connectivity index (χ1) is 15.1. The van der Waals surface area contributed by atoms with Crippen LogP contribution >= 0.6 is 12.2 Å². The normalized spacial score (nSPS) is 12.3. The number of carbonyl (C=O) groups excluding carboxylic acids is 1. The molecule has 0 saturated carbocycles. The van der Waals surface area contributed by atoms with Gasteiger partial charge in [0.05, 0.1) is 12.1 Å². The molecule has 0 aliphatic heterocycles. The van der Waals surface area contributed by atoms with Crippen LogP contribution in [0, 0.1) is 0 Å². The maximum absolute atomic E-state index is 12.4. The fraction of sp³-hybridized carbons (Fsp3) is 0.200. The predicted octanol–water partition coefficient (Wildman–Crippen LogP) is 4.88. The van der Waals surface area contributed by atoms with Gasteiger partial charge in [-0.25, -0.2) is 4.79 Å². The smallest absolute Gasteiger partial charge is 0.408 e. The van der Waals surface area contributed by atoms with Gasteiger partial charge in [0.1, 0.15) is 6.61 Å². The lowest BCUT2D eigenvalue weighted by molar-refractivity contribution is 0.135. The average molecular weight is 434 g/mol. The zero-order valence-electron chi connectivity index (χ0n) is 17.5. The number of rotatable bonds is 8. The Balaban J connectivity index is 1.55. The van der Waals surface area contributed by atoms with Crippen molar-refractivity contribution in [3.8, 4) is 0 Å². The Hall–Kier alpha value is -3.38. The van der Waals surface area contributed by atoms with Crippen LogP contribution in [0.1, 0.15) is 35.7 Å². The molecular weight excluding hydrogens is 406 g/mol. The molecule has 3 aromatic rings. The van der Waals surface area contributed by atoms with Crippen LogP contribution < -0.4 is 16.0 Å². The molecule has 1 amide bonds. The highest BCUT2D eigenvalue weighted by Gasteiger charge is 2.16. The fourth-order valence-electron chi connectivity index (χ4n) is 3.11. The Morgan fingerprint density at radius 3 is 2.00 bits per heavy atom. The van der Waals surface area contributed by atoms with Gasteiger partial charge < -0.3 is 20.7 Å². The predicted molar refractivity (Wildman–Crippen MR) is 128 cm³/mol. The van der Waals surface area contributed by atoms with Gasteiger partial charge in [-0.1, -0.05) is 91.0 Å². The summed E-state index contributed by atoms with van der Waals surface area (Å²) in [4.78, 5) is 12.4. The first-order valence-corrected chi connectivity index (χ1v) is 10.6. The molecule has 0 saturated heterocycles. The molecule has 0 unspecified atom stereocenters. The Labute approximate surface area is 188 Å². The third-order valence-electron chi connectivity index (χ3n) is 4.82. The maximum Gasteiger partial charge on any atom is 0.408 e. The van der Waals surface area contributed by atoms with Crippen LogP contribution in [0.5, 0.6) is 0 Å². The van der Waals surface area contributed by atoms with Gasteiger partial charge in [-0.05, 0) is 35.8 Å². The number of carbonyl (C=O) groups is 1. The van der Waals surface area contributed by atoms with Gasteiger partial charge in [0.15, 0.2) is 5.11 Å². The minimum absolute atomic E-state index is 0.0696. The monoisotopic (exact) mass is 433 g/mol. The highest BCUT2D eigenvalue weighted by molar-refractivity contribution is 7.80. The molecule has 0 aliphatic rings. The van der Waals surface area contributed by atoms with Crippen molar-refractivity contribution in [1.82, 2.24) is 16.0 Å². The van der Waals surface area contributed by atoms with E-state index in [1.54, 1.807) is 0 Å². The van der Waals surface area contributed by atoms with Crippen molar-refractivity contribution in [2.45, 2.75) is 25.6 Å². The van der Waals surface area contributed by atoms with Gasteiger partial charge in [-0.15, -0.1) is 0 Å². The van der Waals surface area contributed by atoms with Crippen molar-refractivity contribution >= 4 is 23.4 Å². The third-order valence-corrected chi connectivity index (χ3v) is 5.08. The van der Waals surface area contributed by atoms with Crippen LogP contribution in [0.3, 0.4) is 0 Å². The molecule has 0 aromatic heterocycles. The van der Waals surface area contributed by atoms with E-state index in [4.69, 9.17) is 17.0 Å². The van der Waals surface area contributed by atoms with Gasteiger partial charge >= 0.3 is 6.09 Å². The Bertz CT molecular complexity index is 952. The van der Waals surface area contributed by atoms with E-state index in [9.17, 15) is 4.79 Å². The first-order valence-electron chi connectivity index (χ1n) is 10.2. The Morgan fingerprint density at radius 2 is 1.39 bits per heavy atom. The molecule has 0 aliphatic carbocycles. The largest absolute Gasteiger partial charge is 0.445 e. The summed E-state index contributed by atoms with van der Waals surface area (Å²) in [6.45, 7) is 2.70. The molecule has 160 valence electrons. The maximum atomic E-state index is 12.4. The summed E-state index contributed by atoms with van der Waals surface area (Å²) in [6, 6.07) is 29.2. The van der Waals surface area contributed by atoms with E-state index < -0.39 is 6.09 Å². The SMILES string of the molecule is C[C@@H](NC(=S)NC[C@@H](NC(=O)OCc1ccccc1)c1ccccc1)c1ccccc1. The van der Waals surface area contributed by atoms with Crippen molar-refractivity contribution in [1.29, 1.82) is 0 Å². The standard InChI is InChI=1S/C25H27N3O2S/c1-19(21-13-7-3-8-14-21)27-24(31)26-17-23(22-15-9-4-10-16-22)28-25(29)30-18-20-11-5-2-6-12-20/h2-16,19,23H,17-18H2,1H3,(H,28,29)(H2,26,27,31)/t19-,23-/m1/s1. The van der Waals surface area contributed by atoms with Crippen LogP contribution in [0.4, 0.5) is 4.79 Å². The third kappa shape index (κ3) is 7.42. The number of amides is 1. The van der Waals surface area contributed by atoms with Gasteiger partial charge in [0.25, 0.3) is 0 Å². The summed E-state index contributed by atoms with van der Waals surface area (Å²) < 4.78 is 5.38. The highest BCUT2D eigenvalue weighted by Crippen LogP contribution is 2.13. The second kappa shape index (κ2) is 11.7. The molecule has 3 aromatic carbocycles. The molecule has 3 N–H and O–H groups in total. The van der Waals surface area contributed by atoms with E-state index in [2.05, 4.69) is 35.0 Å². The molecule has 6 heteroatoms. The highest BCUT2D eigenvalue weighted by atomic mass is 32.1. The lowest BCUT2D eigenvalue weighted by atomic mass is 10.1. The topological polar surface area (TPSA) is 62.4 Å². The minimum atomic E-state index is -0.476. The van der Waals surface area contributed by atoms with E-state index in [-0.39, 0.29) is 18.7 Å². The number of ether oxygens (including phenoxy) is 1. The summed E-state index contributed by atoms with van der Waals surface area (Å²) in [5, 5.41) is 9.95. The van der Waals surface area contributed by atoms with Gasteiger partial charge in [0.2, 0.25) is 0 Å². The van der Waals surface area contributed by atoms with Gasteiger partial charge in [-0.3, -0.25) is 0 Å². The quantitative estimate of drug-likeness (QED) is 0.442. The molecule has 0 spiro atoms. The lowest BCUT2D eigenvalue weighted by Crippen LogP contribution is -2.42. The molecule has 0 fully saturated rings. The van der Waals surface area contributed by atoms with Crippen molar-refractivity contribution in [2.24, 2.45) is 0 Å². The van der Waals surface area contributed by atoms with Crippen LogP contribution in [0.25, 0.3) is 0 Å². The number of nitrogens with one attached hydrogen (secondary N) is 3. The number of benzene rings is 3. The van der Waals surface area contributed by atoms with E-state index in [1.807, 2.05) is 78.9 Å². The molecule has 2 atom stereocenters. The zero-order chi connectivity index (χ0) is 21.9. The number of thiocarbonyl (C=S) groups is 1. The van der Waals surface area contributed by atoms with Crippen LogP contribution in [0.15, 0.2) is 91.0 Å². The summed E-state index contributed by atoms with van der Waals surface area (Å²) >= 11 is 5.46. The lowest BCUT2D eigenvalue weighted by Gasteiger charge is -2.22. The van der Waals surface area contributed by atoms with E-state index in [1.165, 1.54) is 0 Å². The molecule has 0 heterocycles. The summed E-state index contributed by atoms with van der Waals surface area (Å²) in [6.07, 6.45) is -0.476. The molecule has 0 bridgehead atoms. The van der Waals surface area contributed by atoms with Gasteiger partial charge in [0, 0.05) is 6.54 Å². The summed E-state index contributed by atoms with van der Waals surface area (Å²) in [7, 11) is 0. The second-order valence-electron chi connectivity index (χ2n) is 7.16. The number of hydrogen-bond donors (Lipinski definition) is 3. The summed E-state index contributed by atoms with van der Waals surface area (Å²) in [5.41, 5.74) is 3.05. The number of hydrogen-bond acceptors (Lipinski definition) is 3. The number of alkyl carbamates (subject to hydrolysis) is 1. The van der Waals surface area contributed by atoms with Crippen LogP contribution in [-0.2, 0) is 11.3 Å². The molecule has 31 heavy (non-hydrogen) atoms. The molecule has 3 rings (SSSR count). The van der Waals surface area contributed by atoms with E-state index in [0.717, 1.165) is 16.7 Å². The second-order valence-corrected chi connectivity index (χ2v) is 7.56. The fourth-order valence-corrected chi connectivity index (χ4v) is 3.37. The first kappa shape index (κ1) is 22.3. The van der Waals surface area contributed by atoms with Crippen LogP contribution in [0.2, 0.25) is 0 Å². The van der Waals surface area contributed by atoms with Crippen molar-refractivity contribution in [3.05, 3.63) is 108 Å². The van der Waals surface area contributed by atoms with Crippen molar-refractivity contribution in [2.75, 3.05) is 6.54 Å².